The van der Waals surface area contributed by atoms with Crippen LogP contribution in [0.15, 0.2) is 30.5 Å². The Labute approximate surface area is 169 Å². The molecule has 3 rings (SSSR count). The molecule has 0 bridgehead atoms. The van der Waals surface area contributed by atoms with Crippen molar-refractivity contribution in [2.45, 2.75) is 25.1 Å². The lowest BCUT2D eigenvalue weighted by molar-refractivity contribution is -0.134. The number of alkyl halides is 3. The van der Waals surface area contributed by atoms with Crippen LogP contribution in [0.4, 0.5) is 13.2 Å². The zero-order valence-electron chi connectivity index (χ0n) is 15.2. The van der Waals surface area contributed by atoms with Gasteiger partial charge in [-0.25, -0.2) is 0 Å². The Morgan fingerprint density at radius 1 is 1.34 bits per heavy atom. The molecular formula is C19H17F3N4O2S. The van der Waals surface area contributed by atoms with E-state index in [1.807, 2.05) is 0 Å². The van der Waals surface area contributed by atoms with Crippen LogP contribution in [0.5, 0.6) is 0 Å². The highest BCUT2D eigenvalue weighted by Crippen LogP contribution is 2.25. The van der Waals surface area contributed by atoms with Crippen molar-refractivity contribution in [2.24, 2.45) is 0 Å². The van der Waals surface area contributed by atoms with Gasteiger partial charge in [-0.1, -0.05) is 6.07 Å². The first-order valence-corrected chi connectivity index (χ1v) is 9.93. The average molecular weight is 422 g/mol. The van der Waals surface area contributed by atoms with Crippen molar-refractivity contribution in [3.05, 3.63) is 41.6 Å². The highest BCUT2D eigenvalue weighted by Gasteiger charge is 2.29. The van der Waals surface area contributed by atoms with E-state index < -0.39 is 24.5 Å². The van der Waals surface area contributed by atoms with E-state index in [2.05, 4.69) is 16.4 Å². The average Bonchev–Trinajstić information content (AvgIpc) is 3.18. The van der Waals surface area contributed by atoms with E-state index in [-0.39, 0.29) is 24.4 Å². The van der Waals surface area contributed by atoms with Gasteiger partial charge in [0.2, 0.25) is 5.91 Å². The molecule has 2 aromatic rings. The van der Waals surface area contributed by atoms with Crippen LogP contribution in [0.3, 0.4) is 0 Å². The lowest BCUT2D eigenvalue weighted by Crippen LogP contribution is -2.42. The summed E-state index contributed by atoms with van der Waals surface area (Å²) in [5, 5.41) is 12.0. The first-order valence-electron chi connectivity index (χ1n) is 8.78. The largest absolute Gasteiger partial charge is 0.389 e. The van der Waals surface area contributed by atoms with E-state index in [1.54, 1.807) is 12.1 Å². The first-order chi connectivity index (χ1) is 13.8. The summed E-state index contributed by atoms with van der Waals surface area (Å²) >= 11 is 1.47. The molecule has 1 N–H and O–H groups in total. The third kappa shape index (κ3) is 5.17. The number of benzene rings is 1. The van der Waals surface area contributed by atoms with Crippen molar-refractivity contribution in [1.29, 1.82) is 5.26 Å². The van der Waals surface area contributed by atoms with Crippen molar-refractivity contribution in [3.63, 3.8) is 0 Å². The van der Waals surface area contributed by atoms with Crippen LogP contribution in [0.2, 0.25) is 0 Å². The van der Waals surface area contributed by atoms with Gasteiger partial charge in [0.1, 0.15) is 6.04 Å². The Morgan fingerprint density at radius 2 is 2.14 bits per heavy atom. The first kappa shape index (κ1) is 20.9. The van der Waals surface area contributed by atoms with Gasteiger partial charge in [0, 0.05) is 23.8 Å². The van der Waals surface area contributed by atoms with Crippen LogP contribution < -0.4 is 5.32 Å². The molecule has 1 saturated heterocycles. The van der Waals surface area contributed by atoms with E-state index in [4.69, 9.17) is 5.26 Å². The van der Waals surface area contributed by atoms with Crippen molar-refractivity contribution < 1.29 is 22.8 Å². The molecule has 1 aromatic heterocycles. The van der Waals surface area contributed by atoms with Crippen molar-refractivity contribution >= 4 is 34.5 Å². The lowest BCUT2D eigenvalue weighted by Gasteiger charge is -2.18. The van der Waals surface area contributed by atoms with E-state index in [9.17, 15) is 22.8 Å². The second kappa shape index (κ2) is 8.69. The summed E-state index contributed by atoms with van der Waals surface area (Å²) in [4.78, 5) is 30.4. The van der Waals surface area contributed by atoms with Gasteiger partial charge in [0.05, 0.1) is 29.6 Å². The zero-order valence-corrected chi connectivity index (χ0v) is 16.0. The summed E-state index contributed by atoms with van der Waals surface area (Å²) in [6.45, 7) is -0.269. The minimum Gasteiger partial charge on any atom is -0.343 e. The number of nitriles is 1. The fourth-order valence-corrected chi connectivity index (χ4v) is 4.08. The van der Waals surface area contributed by atoms with Gasteiger partial charge in [0.15, 0.2) is 0 Å². The number of aryl methyl sites for hydroxylation is 1. The number of amides is 2. The molecule has 0 radical (unpaired) electrons. The number of rotatable bonds is 5. The molecule has 1 aromatic carbocycles. The molecule has 2 heterocycles. The van der Waals surface area contributed by atoms with Crippen LogP contribution in [0.1, 0.15) is 22.3 Å². The molecular weight excluding hydrogens is 405 g/mol. The normalized spacial score (nSPS) is 16.6. The highest BCUT2D eigenvalue weighted by atomic mass is 32.2. The molecule has 0 saturated carbocycles. The van der Waals surface area contributed by atoms with Crippen LogP contribution in [0, 0.1) is 11.3 Å². The fraction of sp³-hybridized carbons (Fsp3) is 0.368. The van der Waals surface area contributed by atoms with Crippen LogP contribution >= 0.6 is 11.8 Å². The van der Waals surface area contributed by atoms with Gasteiger partial charge in [0.25, 0.3) is 5.91 Å². The van der Waals surface area contributed by atoms with Crippen LogP contribution in [0.25, 0.3) is 10.9 Å². The van der Waals surface area contributed by atoms with Crippen LogP contribution in [-0.4, -0.2) is 52.1 Å². The van der Waals surface area contributed by atoms with E-state index >= 15 is 0 Å². The molecule has 29 heavy (non-hydrogen) atoms. The standard InChI is InChI=1S/C19H17F3N4O2S/c20-19(21,22)5-3-12-1-2-16-15(7-12)14(4-6-24-16)18(28)25-9-17(27)26-11-29-10-13(26)8-23/h1-2,4,6-7,13H,3,5,9-11H2,(H,25,28)/t13-/m1/s1. The second-order valence-electron chi connectivity index (χ2n) is 6.52. The van der Waals surface area contributed by atoms with Gasteiger partial charge in [-0.3, -0.25) is 14.6 Å². The molecule has 0 aliphatic carbocycles. The topological polar surface area (TPSA) is 86.1 Å². The number of carbonyl (C=O) groups excluding carboxylic acids is 2. The number of pyridine rings is 1. The number of hydrogen-bond donors (Lipinski definition) is 1. The fourth-order valence-electron chi connectivity index (χ4n) is 2.98. The molecule has 1 fully saturated rings. The third-order valence-electron chi connectivity index (χ3n) is 4.50. The summed E-state index contributed by atoms with van der Waals surface area (Å²) in [5.74, 6) is 0.0396. The van der Waals surface area contributed by atoms with Gasteiger partial charge in [-0.05, 0) is 30.2 Å². The Kier molecular flexibility index (Phi) is 6.27. The molecule has 1 aliphatic rings. The van der Waals surface area contributed by atoms with Gasteiger partial charge in [-0.15, -0.1) is 11.8 Å². The Morgan fingerprint density at radius 3 is 2.86 bits per heavy atom. The number of aromatic nitrogens is 1. The molecule has 0 spiro atoms. The number of fused-ring (bicyclic) bond motifs is 1. The highest BCUT2D eigenvalue weighted by molar-refractivity contribution is 7.99. The van der Waals surface area contributed by atoms with Gasteiger partial charge < -0.3 is 10.2 Å². The number of thioether (sulfide) groups is 1. The molecule has 6 nitrogen and oxygen atoms in total. The van der Waals surface area contributed by atoms with Crippen LogP contribution in [-0.2, 0) is 11.2 Å². The van der Waals surface area contributed by atoms with Crippen molar-refractivity contribution in [3.8, 4) is 6.07 Å². The zero-order chi connectivity index (χ0) is 21.0. The maximum atomic E-state index is 12.6. The van der Waals surface area contributed by atoms with Crippen molar-refractivity contribution in [1.82, 2.24) is 15.2 Å². The van der Waals surface area contributed by atoms with E-state index in [0.29, 0.717) is 28.1 Å². The molecule has 0 unspecified atom stereocenters. The maximum absolute atomic E-state index is 12.6. The van der Waals surface area contributed by atoms with Gasteiger partial charge >= 0.3 is 6.18 Å². The monoisotopic (exact) mass is 422 g/mol. The molecule has 152 valence electrons. The minimum atomic E-state index is -4.26. The quantitative estimate of drug-likeness (QED) is 0.801. The van der Waals surface area contributed by atoms with E-state index in [0.717, 1.165) is 0 Å². The Bertz CT molecular complexity index is 974. The Hall–Kier alpha value is -2.80. The summed E-state index contributed by atoms with van der Waals surface area (Å²) < 4.78 is 37.5. The Balaban J connectivity index is 1.73. The summed E-state index contributed by atoms with van der Waals surface area (Å²) in [7, 11) is 0. The lowest BCUT2D eigenvalue weighted by atomic mass is 10.0. The molecule has 2 amide bonds. The SMILES string of the molecule is N#C[C@@H]1CSCN1C(=O)CNC(=O)c1ccnc2ccc(CCC(F)(F)F)cc12. The number of carbonyl (C=O) groups is 2. The van der Waals surface area contributed by atoms with Crippen molar-refractivity contribution in [2.75, 3.05) is 18.2 Å². The predicted octanol–water partition coefficient (Wildman–Crippen LogP) is 2.88. The smallest absolute Gasteiger partial charge is 0.343 e. The number of hydrogen-bond acceptors (Lipinski definition) is 5. The third-order valence-corrected chi connectivity index (χ3v) is 5.51. The predicted molar refractivity (Wildman–Crippen MR) is 102 cm³/mol. The summed E-state index contributed by atoms with van der Waals surface area (Å²) in [6, 6.07) is 7.64. The maximum Gasteiger partial charge on any atom is 0.389 e. The number of nitrogens with zero attached hydrogens (tertiary/aromatic N) is 3. The van der Waals surface area contributed by atoms with E-state index in [1.165, 1.54) is 35.0 Å². The molecule has 10 heteroatoms. The summed E-state index contributed by atoms with van der Waals surface area (Å²) in [6.07, 6.45) is -3.99. The molecule has 1 atom stereocenters. The summed E-state index contributed by atoms with van der Waals surface area (Å²) in [5.41, 5.74) is 1.14. The minimum absolute atomic E-state index is 0.198. The second-order valence-corrected chi connectivity index (χ2v) is 7.52. The number of nitrogens with one attached hydrogen (secondary N) is 1. The van der Waals surface area contributed by atoms with Gasteiger partial charge in [-0.2, -0.15) is 18.4 Å². The number of halogens is 3. The molecule has 1 aliphatic heterocycles.